The molecule has 1 atom stereocenters. The molecule has 0 saturated heterocycles. The Labute approximate surface area is 96.4 Å². The maximum atomic E-state index is 11.8. The van der Waals surface area contributed by atoms with E-state index in [1.165, 1.54) is 0 Å². The molecule has 5 nitrogen and oxygen atoms in total. The summed E-state index contributed by atoms with van der Waals surface area (Å²) in [5.74, 6) is -0.149. The van der Waals surface area contributed by atoms with Crippen molar-refractivity contribution in [3.8, 4) is 0 Å². The summed E-state index contributed by atoms with van der Waals surface area (Å²) in [7, 11) is 1.72. The molecule has 5 heteroatoms. The number of hydrogen-bond donors (Lipinski definition) is 2. The first kappa shape index (κ1) is 13.0. The van der Waals surface area contributed by atoms with Gasteiger partial charge in [-0.25, -0.2) is 0 Å². The van der Waals surface area contributed by atoms with Crippen LogP contribution in [0.3, 0.4) is 0 Å². The standard InChI is InChI=1S/C11H21N3O2/c1-4-14(3)9(15)8(2)13-10(16)11(7-12)5-6-11/h8H,4-7,12H2,1-3H3,(H,13,16). The fraction of sp³-hybridized carbons (Fsp3) is 0.818. The van der Waals surface area contributed by atoms with Crippen molar-refractivity contribution in [3.63, 3.8) is 0 Å². The predicted molar refractivity (Wildman–Crippen MR) is 61.6 cm³/mol. The minimum absolute atomic E-state index is 0.0660. The van der Waals surface area contributed by atoms with Crippen molar-refractivity contribution >= 4 is 11.8 Å². The molecular formula is C11H21N3O2. The molecule has 0 heterocycles. The van der Waals surface area contributed by atoms with Crippen molar-refractivity contribution in [1.29, 1.82) is 0 Å². The zero-order valence-electron chi connectivity index (χ0n) is 10.2. The smallest absolute Gasteiger partial charge is 0.244 e. The Hall–Kier alpha value is -1.10. The van der Waals surface area contributed by atoms with Crippen molar-refractivity contribution in [2.24, 2.45) is 11.1 Å². The molecule has 1 fully saturated rings. The van der Waals surface area contributed by atoms with Crippen LogP contribution in [0.5, 0.6) is 0 Å². The normalized spacial score (nSPS) is 18.8. The summed E-state index contributed by atoms with van der Waals surface area (Å²) in [5.41, 5.74) is 5.16. The van der Waals surface area contributed by atoms with Gasteiger partial charge in [0, 0.05) is 20.1 Å². The summed E-state index contributed by atoms with van der Waals surface area (Å²) in [6.45, 7) is 4.61. The van der Waals surface area contributed by atoms with Gasteiger partial charge in [-0.3, -0.25) is 9.59 Å². The Morgan fingerprint density at radius 1 is 1.50 bits per heavy atom. The van der Waals surface area contributed by atoms with Crippen LogP contribution in [0.1, 0.15) is 26.7 Å². The fourth-order valence-corrected chi connectivity index (χ4v) is 1.57. The molecule has 0 aliphatic heterocycles. The maximum Gasteiger partial charge on any atom is 0.244 e. The number of carbonyl (C=O) groups is 2. The first-order valence-corrected chi connectivity index (χ1v) is 5.73. The van der Waals surface area contributed by atoms with Crippen molar-refractivity contribution in [2.75, 3.05) is 20.1 Å². The SMILES string of the molecule is CCN(C)C(=O)C(C)NC(=O)C1(CN)CC1. The van der Waals surface area contributed by atoms with E-state index in [-0.39, 0.29) is 17.2 Å². The molecule has 0 aromatic rings. The molecule has 0 bridgehead atoms. The topological polar surface area (TPSA) is 75.4 Å². The monoisotopic (exact) mass is 227 g/mol. The highest BCUT2D eigenvalue weighted by Crippen LogP contribution is 2.44. The van der Waals surface area contributed by atoms with E-state index in [2.05, 4.69) is 5.32 Å². The van der Waals surface area contributed by atoms with Gasteiger partial charge in [0.15, 0.2) is 0 Å². The molecule has 92 valence electrons. The lowest BCUT2D eigenvalue weighted by Gasteiger charge is -2.22. The number of rotatable bonds is 5. The van der Waals surface area contributed by atoms with Gasteiger partial charge >= 0.3 is 0 Å². The number of hydrogen-bond acceptors (Lipinski definition) is 3. The van der Waals surface area contributed by atoms with Gasteiger partial charge in [-0.15, -0.1) is 0 Å². The van der Waals surface area contributed by atoms with Crippen LogP contribution in [0, 0.1) is 5.41 Å². The maximum absolute atomic E-state index is 11.8. The van der Waals surface area contributed by atoms with E-state index >= 15 is 0 Å². The van der Waals surface area contributed by atoms with E-state index in [1.807, 2.05) is 6.92 Å². The van der Waals surface area contributed by atoms with Gasteiger partial charge in [-0.05, 0) is 26.7 Å². The third-order valence-corrected chi connectivity index (χ3v) is 3.29. The summed E-state index contributed by atoms with van der Waals surface area (Å²) in [6, 6.07) is -0.471. The summed E-state index contributed by atoms with van der Waals surface area (Å²) >= 11 is 0. The van der Waals surface area contributed by atoms with Gasteiger partial charge in [0.05, 0.1) is 5.41 Å². The minimum atomic E-state index is -0.471. The van der Waals surface area contributed by atoms with Crippen LogP contribution in [-0.4, -0.2) is 42.9 Å². The largest absolute Gasteiger partial charge is 0.344 e. The van der Waals surface area contributed by atoms with Gasteiger partial charge in [0.2, 0.25) is 11.8 Å². The number of nitrogens with one attached hydrogen (secondary N) is 1. The second-order valence-electron chi connectivity index (χ2n) is 4.53. The van der Waals surface area contributed by atoms with Crippen LogP contribution in [0.4, 0.5) is 0 Å². The highest BCUT2D eigenvalue weighted by molar-refractivity contribution is 5.91. The molecule has 1 rings (SSSR count). The second kappa shape index (κ2) is 4.82. The molecule has 0 aromatic heterocycles. The number of amides is 2. The fourth-order valence-electron chi connectivity index (χ4n) is 1.57. The highest BCUT2D eigenvalue weighted by Gasteiger charge is 2.49. The van der Waals surface area contributed by atoms with Crippen LogP contribution in [0.2, 0.25) is 0 Å². The van der Waals surface area contributed by atoms with Gasteiger partial charge in [-0.2, -0.15) is 0 Å². The number of nitrogens with two attached hydrogens (primary N) is 1. The first-order chi connectivity index (χ1) is 7.46. The molecule has 1 aliphatic carbocycles. The van der Waals surface area contributed by atoms with Crippen LogP contribution in [0.25, 0.3) is 0 Å². The summed E-state index contributed by atoms with van der Waals surface area (Å²) in [6.07, 6.45) is 1.67. The third kappa shape index (κ3) is 2.52. The minimum Gasteiger partial charge on any atom is -0.344 e. The van der Waals surface area contributed by atoms with Gasteiger partial charge < -0.3 is 16.0 Å². The Morgan fingerprint density at radius 2 is 2.06 bits per heavy atom. The van der Waals surface area contributed by atoms with Crippen molar-refractivity contribution < 1.29 is 9.59 Å². The molecule has 1 saturated carbocycles. The molecule has 0 aromatic carbocycles. The average Bonchev–Trinajstić information content (AvgIpc) is 3.07. The number of carbonyl (C=O) groups excluding carboxylic acids is 2. The zero-order valence-corrected chi connectivity index (χ0v) is 10.2. The van der Waals surface area contributed by atoms with Gasteiger partial charge in [0.25, 0.3) is 0 Å². The highest BCUT2D eigenvalue weighted by atomic mass is 16.2. The Balaban J connectivity index is 2.48. The average molecular weight is 227 g/mol. The predicted octanol–water partition coefficient (Wildman–Crippen LogP) is -0.292. The summed E-state index contributed by atoms with van der Waals surface area (Å²) in [4.78, 5) is 25.1. The molecule has 1 unspecified atom stereocenters. The molecule has 0 spiro atoms. The second-order valence-corrected chi connectivity index (χ2v) is 4.53. The Morgan fingerprint density at radius 3 is 2.44 bits per heavy atom. The lowest BCUT2D eigenvalue weighted by atomic mass is 10.1. The van der Waals surface area contributed by atoms with Crippen LogP contribution < -0.4 is 11.1 Å². The third-order valence-electron chi connectivity index (χ3n) is 3.29. The molecular weight excluding hydrogens is 206 g/mol. The van der Waals surface area contributed by atoms with E-state index in [9.17, 15) is 9.59 Å². The lowest BCUT2D eigenvalue weighted by Crippen LogP contribution is -2.48. The van der Waals surface area contributed by atoms with E-state index in [0.29, 0.717) is 13.1 Å². The molecule has 3 N–H and O–H groups in total. The summed E-state index contributed by atoms with van der Waals surface area (Å²) in [5, 5.41) is 2.74. The molecule has 0 radical (unpaired) electrons. The quantitative estimate of drug-likeness (QED) is 0.677. The lowest BCUT2D eigenvalue weighted by molar-refractivity contribution is -0.136. The Kier molecular flexibility index (Phi) is 3.91. The molecule has 16 heavy (non-hydrogen) atoms. The van der Waals surface area contributed by atoms with Crippen LogP contribution >= 0.6 is 0 Å². The Bertz CT molecular complexity index is 287. The zero-order chi connectivity index (χ0) is 12.3. The van der Waals surface area contributed by atoms with E-state index in [1.54, 1.807) is 18.9 Å². The number of likely N-dealkylation sites (N-methyl/N-ethyl adjacent to an activating group) is 1. The van der Waals surface area contributed by atoms with Gasteiger partial charge in [0.1, 0.15) is 6.04 Å². The van der Waals surface area contributed by atoms with E-state index in [4.69, 9.17) is 5.73 Å². The summed E-state index contributed by atoms with van der Waals surface area (Å²) < 4.78 is 0. The van der Waals surface area contributed by atoms with Gasteiger partial charge in [-0.1, -0.05) is 0 Å². The molecule has 1 aliphatic rings. The van der Waals surface area contributed by atoms with Crippen LogP contribution in [-0.2, 0) is 9.59 Å². The van der Waals surface area contributed by atoms with Crippen molar-refractivity contribution in [2.45, 2.75) is 32.7 Å². The van der Waals surface area contributed by atoms with Crippen molar-refractivity contribution in [1.82, 2.24) is 10.2 Å². The molecule has 2 amide bonds. The number of nitrogens with zero attached hydrogens (tertiary/aromatic N) is 1. The van der Waals surface area contributed by atoms with Crippen LogP contribution in [0.15, 0.2) is 0 Å². The van der Waals surface area contributed by atoms with E-state index < -0.39 is 6.04 Å². The van der Waals surface area contributed by atoms with E-state index in [0.717, 1.165) is 12.8 Å². The van der Waals surface area contributed by atoms with Crippen molar-refractivity contribution in [3.05, 3.63) is 0 Å². The first-order valence-electron chi connectivity index (χ1n) is 5.73.